The number of alkyl halides is 3. The molecule has 0 saturated heterocycles. The molecule has 0 atom stereocenters. The third-order valence-corrected chi connectivity index (χ3v) is 3.72. The number of ether oxygens (including phenoxy) is 1. The van der Waals surface area contributed by atoms with Gasteiger partial charge in [-0.05, 0) is 37.3 Å². The molecule has 0 fully saturated rings. The van der Waals surface area contributed by atoms with Crippen molar-refractivity contribution in [2.75, 3.05) is 11.9 Å². The highest BCUT2D eigenvalue weighted by Gasteiger charge is 2.30. The number of hydrogen-bond donors (Lipinski definition) is 1. The largest absolute Gasteiger partial charge is 0.490 e. The van der Waals surface area contributed by atoms with Crippen molar-refractivity contribution in [3.63, 3.8) is 0 Å². The number of nitrogens with one attached hydrogen (secondary N) is 1. The molecular formula is C19H14F3NO4. The fourth-order valence-corrected chi connectivity index (χ4v) is 2.52. The van der Waals surface area contributed by atoms with Crippen LogP contribution in [0.2, 0.25) is 0 Å². The lowest BCUT2D eigenvalue weighted by Gasteiger charge is -2.10. The number of anilines is 1. The summed E-state index contributed by atoms with van der Waals surface area (Å²) in [6.07, 6.45) is -4.54. The van der Waals surface area contributed by atoms with Crippen LogP contribution in [0.3, 0.4) is 0 Å². The van der Waals surface area contributed by atoms with Crippen LogP contribution >= 0.6 is 0 Å². The molecule has 0 aliphatic rings. The van der Waals surface area contributed by atoms with E-state index < -0.39 is 23.3 Å². The highest BCUT2D eigenvalue weighted by molar-refractivity contribution is 6.05. The second-order valence-electron chi connectivity index (χ2n) is 5.59. The second kappa shape index (κ2) is 7.14. The Morgan fingerprint density at radius 3 is 2.59 bits per heavy atom. The summed E-state index contributed by atoms with van der Waals surface area (Å²) in [4.78, 5) is 24.6. The van der Waals surface area contributed by atoms with Crippen LogP contribution in [0.4, 0.5) is 18.9 Å². The molecule has 1 heterocycles. The van der Waals surface area contributed by atoms with Crippen LogP contribution in [0.15, 0.2) is 57.7 Å². The van der Waals surface area contributed by atoms with E-state index in [1.165, 1.54) is 12.1 Å². The summed E-state index contributed by atoms with van der Waals surface area (Å²) in [6, 6.07) is 10.4. The Kier molecular flexibility index (Phi) is 4.89. The van der Waals surface area contributed by atoms with Gasteiger partial charge in [0.05, 0.1) is 12.2 Å². The minimum Gasteiger partial charge on any atom is -0.490 e. The molecule has 0 saturated carbocycles. The van der Waals surface area contributed by atoms with Gasteiger partial charge in [0.1, 0.15) is 5.56 Å². The number of amides is 1. The van der Waals surface area contributed by atoms with Crippen molar-refractivity contribution < 1.29 is 27.1 Å². The van der Waals surface area contributed by atoms with E-state index in [-0.39, 0.29) is 16.8 Å². The van der Waals surface area contributed by atoms with Gasteiger partial charge in [0.15, 0.2) is 11.3 Å². The molecule has 0 spiro atoms. The first-order valence-corrected chi connectivity index (χ1v) is 7.98. The Bertz CT molecular complexity index is 1060. The molecule has 0 unspecified atom stereocenters. The number of rotatable bonds is 4. The minimum atomic E-state index is -4.54. The molecule has 1 N–H and O–H groups in total. The zero-order valence-electron chi connectivity index (χ0n) is 14.1. The van der Waals surface area contributed by atoms with Gasteiger partial charge in [-0.3, -0.25) is 4.79 Å². The molecule has 0 aliphatic carbocycles. The first-order valence-electron chi connectivity index (χ1n) is 7.98. The Labute approximate surface area is 151 Å². The first kappa shape index (κ1) is 18.5. The topological polar surface area (TPSA) is 68.5 Å². The molecule has 27 heavy (non-hydrogen) atoms. The monoisotopic (exact) mass is 377 g/mol. The standard InChI is InChI=1S/C19H14F3NO4/c1-2-26-15-8-3-5-11-9-14(18(25)27-16(11)15)17(24)23-13-7-4-6-12(10-13)19(20,21)22/h3-10H,2H2,1H3,(H,23,24). The molecule has 8 heteroatoms. The van der Waals surface area contributed by atoms with Crippen LogP contribution in [-0.4, -0.2) is 12.5 Å². The van der Waals surface area contributed by atoms with Gasteiger partial charge >= 0.3 is 11.8 Å². The van der Waals surface area contributed by atoms with Crippen LogP contribution in [0.5, 0.6) is 5.75 Å². The summed E-state index contributed by atoms with van der Waals surface area (Å²) >= 11 is 0. The van der Waals surface area contributed by atoms with Crippen LogP contribution < -0.4 is 15.7 Å². The number of benzene rings is 2. The Morgan fingerprint density at radius 1 is 1.15 bits per heavy atom. The van der Waals surface area contributed by atoms with E-state index in [0.717, 1.165) is 18.2 Å². The van der Waals surface area contributed by atoms with E-state index in [1.54, 1.807) is 25.1 Å². The number of carbonyl (C=O) groups is 1. The summed E-state index contributed by atoms with van der Waals surface area (Å²) in [5.74, 6) is -0.510. The van der Waals surface area contributed by atoms with E-state index in [9.17, 15) is 22.8 Å². The molecule has 1 amide bonds. The zero-order chi connectivity index (χ0) is 19.6. The van der Waals surface area contributed by atoms with Gasteiger partial charge in [-0.15, -0.1) is 0 Å². The van der Waals surface area contributed by atoms with Crippen molar-refractivity contribution in [3.05, 3.63) is 70.1 Å². The predicted molar refractivity (Wildman–Crippen MR) is 93.1 cm³/mol. The second-order valence-corrected chi connectivity index (χ2v) is 5.59. The summed E-state index contributed by atoms with van der Waals surface area (Å²) in [7, 11) is 0. The minimum absolute atomic E-state index is 0.0858. The lowest BCUT2D eigenvalue weighted by Crippen LogP contribution is -2.21. The fraction of sp³-hybridized carbons (Fsp3) is 0.158. The summed E-state index contributed by atoms with van der Waals surface area (Å²) in [5, 5.41) is 2.74. The Morgan fingerprint density at radius 2 is 1.89 bits per heavy atom. The normalized spacial score (nSPS) is 11.4. The third-order valence-electron chi connectivity index (χ3n) is 3.72. The number of halogens is 3. The third kappa shape index (κ3) is 3.94. The lowest BCUT2D eigenvalue weighted by molar-refractivity contribution is -0.137. The fourth-order valence-electron chi connectivity index (χ4n) is 2.52. The van der Waals surface area contributed by atoms with Gasteiger partial charge in [0, 0.05) is 11.1 Å². The average Bonchev–Trinajstić information content (AvgIpc) is 2.61. The molecule has 5 nitrogen and oxygen atoms in total. The number of hydrogen-bond acceptors (Lipinski definition) is 4. The van der Waals surface area contributed by atoms with Gasteiger partial charge < -0.3 is 14.5 Å². The van der Waals surface area contributed by atoms with E-state index in [0.29, 0.717) is 17.7 Å². The van der Waals surface area contributed by atoms with Crippen molar-refractivity contribution in [2.45, 2.75) is 13.1 Å². The molecule has 0 bridgehead atoms. The Hall–Kier alpha value is -3.29. The van der Waals surface area contributed by atoms with Gasteiger partial charge in [-0.1, -0.05) is 18.2 Å². The van der Waals surface area contributed by atoms with Crippen molar-refractivity contribution in [3.8, 4) is 5.75 Å². The van der Waals surface area contributed by atoms with Crippen LogP contribution in [0, 0.1) is 0 Å². The molecule has 0 aliphatic heterocycles. The highest BCUT2D eigenvalue weighted by atomic mass is 19.4. The van der Waals surface area contributed by atoms with E-state index in [1.807, 2.05) is 0 Å². The maximum Gasteiger partial charge on any atom is 0.416 e. The number of fused-ring (bicyclic) bond motifs is 1. The summed E-state index contributed by atoms with van der Waals surface area (Å²) in [6.45, 7) is 2.13. The van der Waals surface area contributed by atoms with Gasteiger partial charge in [-0.25, -0.2) is 4.79 Å². The van der Waals surface area contributed by atoms with Crippen LogP contribution in [-0.2, 0) is 6.18 Å². The van der Waals surface area contributed by atoms with Gasteiger partial charge in [0.25, 0.3) is 5.91 Å². The van der Waals surface area contributed by atoms with E-state index >= 15 is 0 Å². The molecule has 2 aromatic carbocycles. The van der Waals surface area contributed by atoms with Crippen molar-refractivity contribution in [1.82, 2.24) is 0 Å². The van der Waals surface area contributed by atoms with E-state index in [2.05, 4.69) is 5.32 Å². The van der Waals surface area contributed by atoms with Crippen molar-refractivity contribution in [2.24, 2.45) is 0 Å². The first-order chi connectivity index (χ1) is 12.8. The maximum absolute atomic E-state index is 12.8. The average molecular weight is 377 g/mol. The van der Waals surface area contributed by atoms with Crippen LogP contribution in [0.1, 0.15) is 22.8 Å². The number of para-hydroxylation sites is 1. The SMILES string of the molecule is CCOc1cccc2cc(C(=O)Nc3cccc(C(F)(F)F)c3)c(=O)oc12. The molecule has 1 aromatic heterocycles. The van der Waals surface area contributed by atoms with Gasteiger partial charge in [-0.2, -0.15) is 13.2 Å². The molecule has 3 aromatic rings. The number of carbonyl (C=O) groups excluding carboxylic acids is 1. The molecule has 3 rings (SSSR count). The quantitative estimate of drug-likeness (QED) is 0.682. The van der Waals surface area contributed by atoms with Gasteiger partial charge in [0.2, 0.25) is 0 Å². The smallest absolute Gasteiger partial charge is 0.416 e. The van der Waals surface area contributed by atoms with Crippen molar-refractivity contribution in [1.29, 1.82) is 0 Å². The van der Waals surface area contributed by atoms with Crippen molar-refractivity contribution >= 4 is 22.6 Å². The Balaban J connectivity index is 1.95. The predicted octanol–water partition coefficient (Wildman–Crippen LogP) is 4.46. The zero-order valence-corrected chi connectivity index (χ0v) is 14.1. The lowest BCUT2D eigenvalue weighted by atomic mass is 10.1. The molecule has 140 valence electrons. The molecular weight excluding hydrogens is 363 g/mol. The van der Waals surface area contributed by atoms with E-state index in [4.69, 9.17) is 9.15 Å². The maximum atomic E-state index is 12.8. The molecule has 0 radical (unpaired) electrons. The summed E-state index contributed by atoms with van der Waals surface area (Å²) in [5.41, 5.74) is -2.04. The summed E-state index contributed by atoms with van der Waals surface area (Å²) < 4.78 is 48.9. The van der Waals surface area contributed by atoms with Crippen LogP contribution in [0.25, 0.3) is 11.0 Å². The highest BCUT2D eigenvalue weighted by Crippen LogP contribution is 2.31.